The number of non-ortho nitro benzene ring substituents is 1. The molecule has 0 radical (unpaired) electrons. The molecule has 0 atom stereocenters. The van der Waals surface area contributed by atoms with E-state index in [-0.39, 0.29) is 28.5 Å². The molecule has 0 aliphatic heterocycles. The number of benzene rings is 2. The maximum Gasteiger partial charge on any atom is 0.273 e. The summed E-state index contributed by atoms with van der Waals surface area (Å²) in [4.78, 5) is 34.4. The summed E-state index contributed by atoms with van der Waals surface area (Å²) in [6, 6.07) is 11.6. The summed E-state index contributed by atoms with van der Waals surface area (Å²) in [6.45, 7) is 3.78. The van der Waals surface area contributed by atoms with Crippen molar-refractivity contribution in [1.82, 2.24) is 16.2 Å². The lowest BCUT2D eigenvalue weighted by molar-refractivity contribution is -0.384. The zero-order valence-electron chi connectivity index (χ0n) is 14.5. The monoisotopic (exact) mass is 400 g/mol. The number of hydrazine groups is 1. The molecule has 9 nitrogen and oxygen atoms in total. The van der Waals surface area contributed by atoms with Crippen molar-refractivity contribution in [2.75, 3.05) is 6.61 Å². The minimum absolute atomic E-state index is 0.137. The minimum Gasteiger partial charge on any atom is -0.489 e. The Kier molecular flexibility index (Phi) is 7.17. The Bertz CT molecular complexity index is 914. The molecule has 0 fully saturated rings. The summed E-state index contributed by atoms with van der Waals surface area (Å²) in [7, 11) is 0. The Balaban J connectivity index is 1.91. The number of amides is 2. The van der Waals surface area contributed by atoms with Crippen molar-refractivity contribution >= 4 is 34.8 Å². The molecule has 0 aromatic heterocycles. The number of thiocarbonyl (C=S) groups is 1. The molecular formula is C18H16N4O5S. The second-order valence-electron chi connectivity index (χ2n) is 5.26. The first-order valence-electron chi connectivity index (χ1n) is 7.91. The minimum atomic E-state index is -0.587. The van der Waals surface area contributed by atoms with Gasteiger partial charge in [-0.2, -0.15) is 0 Å². The highest BCUT2D eigenvalue weighted by Gasteiger charge is 2.14. The Morgan fingerprint density at radius 1 is 1.11 bits per heavy atom. The summed E-state index contributed by atoms with van der Waals surface area (Å²) < 4.78 is 5.41. The first-order chi connectivity index (χ1) is 13.4. The zero-order chi connectivity index (χ0) is 20.5. The second kappa shape index (κ2) is 9.78. The van der Waals surface area contributed by atoms with E-state index in [1.807, 2.05) is 0 Å². The molecule has 0 spiro atoms. The topological polar surface area (TPSA) is 123 Å². The van der Waals surface area contributed by atoms with Crippen molar-refractivity contribution in [1.29, 1.82) is 0 Å². The van der Waals surface area contributed by atoms with Gasteiger partial charge in [0.05, 0.1) is 10.5 Å². The van der Waals surface area contributed by atoms with Crippen LogP contribution in [0, 0.1) is 10.1 Å². The first kappa shape index (κ1) is 20.5. The van der Waals surface area contributed by atoms with Crippen LogP contribution in [-0.2, 0) is 0 Å². The Labute approximate surface area is 165 Å². The molecular weight excluding hydrogens is 384 g/mol. The number of para-hydroxylation sites is 1. The smallest absolute Gasteiger partial charge is 0.273 e. The standard InChI is InChI=1S/C18H16N4O5S/c1-2-11-27-15-6-4-3-5-14(15)17(24)20-21-18(28)19-16(23)12-7-9-13(10-8-12)22(25)26/h2-10H,1,11H2,(H,20,24)(H2,19,21,23,28). The Morgan fingerprint density at radius 3 is 2.43 bits per heavy atom. The third-order valence-electron chi connectivity index (χ3n) is 3.35. The fourth-order valence-electron chi connectivity index (χ4n) is 2.05. The highest BCUT2D eigenvalue weighted by atomic mass is 32.1. The SMILES string of the molecule is C=CCOc1ccccc1C(=O)NNC(=S)NC(=O)c1ccc([N+](=O)[O-])cc1. The number of nitrogens with one attached hydrogen (secondary N) is 3. The van der Waals surface area contributed by atoms with Crippen molar-refractivity contribution < 1.29 is 19.2 Å². The zero-order valence-corrected chi connectivity index (χ0v) is 15.3. The number of carbonyl (C=O) groups excluding carboxylic acids is 2. The van der Waals surface area contributed by atoms with Gasteiger partial charge in [0, 0.05) is 17.7 Å². The maximum atomic E-state index is 12.3. The summed E-state index contributed by atoms with van der Waals surface area (Å²) in [6.07, 6.45) is 1.55. The first-order valence-corrected chi connectivity index (χ1v) is 8.32. The molecule has 0 bridgehead atoms. The lowest BCUT2D eigenvalue weighted by Gasteiger charge is -2.13. The van der Waals surface area contributed by atoms with Crippen LogP contribution in [0.5, 0.6) is 5.75 Å². The van der Waals surface area contributed by atoms with E-state index < -0.39 is 16.7 Å². The lowest BCUT2D eigenvalue weighted by atomic mass is 10.2. The molecule has 0 heterocycles. The van der Waals surface area contributed by atoms with Gasteiger partial charge in [0.2, 0.25) is 0 Å². The number of carbonyl (C=O) groups is 2. The summed E-state index contributed by atoms with van der Waals surface area (Å²) in [5, 5.41) is 12.8. The van der Waals surface area contributed by atoms with Gasteiger partial charge in [0.1, 0.15) is 12.4 Å². The fraction of sp³-hybridized carbons (Fsp3) is 0.0556. The number of hydrogen-bond acceptors (Lipinski definition) is 6. The van der Waals surface area contributed by atoms with Crippen LogP contribution in [0.4, 0.5) is 5.69 Å². The van der Waals surface area contributed by atoms with Crippen LogP contribution < -0.4 is 20.9 Å². The van der Waals surface area contributed by atoms with Crippen molar-refractivity contribution in [3.05, 3.63) is 82.4 Å². The van der Waals surface area contributed by atoms with Crippen molar-refractivity contribution in [3.8, 4) is 5.75 Å². The molecule has 0 aliphatic carbocycles. The highest BCUT2D eigenvalue weighted by molar-refractivity contribution is 7.80. The van der Waals surface area contributed by atoms with E-state index in [2.05, 4.69) is 22.7 Å². The predicted molar refractivity (Wildman–Crippen MR) is 106 cm³/mol. The van der Waals surface area contributed by atoms with E-state index in [0.717, 1.165) is 0 Å². The number of nitrogens with zero attached hydrogens (tertiary/aromatic N) is 1. The van der Waals surface area contributed by atoms with Gasteiger partial charge in [-0.25, -0.2) is 0 Å². The number of ether oxygens (including phenoxy) is 1. The lowest BCUT2D eigenvalue weighted by Crippen LogP contribution is -2.48. The van der Waals surface area contributed by atoms with E-state index in [4.69, 9.17) is 17.0 Å². The van der Waals surface area contributed by atoms with E-state index in [1.165, 1.54) is 24.3 Å². The van der Waals surface area contributed by atoms with E-state index in [0.29, 0.717) is 5.75 Å². The maximum absolute atomic E-state index is 12.3. The summed E-state index contributed by atoms with van der Waals surface area (Å²) in [5.74, 6) is -0.745. The number of hydrogen-bond donors (Lipinski definition) is 3. The summed E-state index contributed by atoms with van der Waals surface area (Å²) in [5.41, 5.74) is 5.07. The largest absolute Gasteiger partial charge is 0.489 e. The van der Waals surface area contributed by atoms with Gasteiger partial charge in [-0.15, -0.1) is 0 Å². The molecule has 144 valence electrons. The Morgan fingerprint density at radius 2 is 1.79 bits per heavy atom. The van der Waals surface area contributed by atoms with Crippen LogP contribution in [0.2, 0.25) is 0 Å². The molecule has 2 aromatic rings. The molecule has 0 unspecified atom stereocenters. The molecule has 2 rings (SSSR count). The van der Waals surface area contributed by atoms with Crippen molar-refractivity contribution in [3.63, 3.8) is 0 Å². The predicted octanol–water partition coefficient (Wildman–Crippen LogP) is 2.11. The molecule has 2 amide bonds. The number of nitro groups is 1. The van der Waals surface area contributed by atoms with E-state index in [9.17, 15) is 19.7 Å². The van der Waals surface area contributed by atoms with Crippen molar-refractivity contribution in [2.24, 2.45) is 0 Å². The third-order valence-corrected chi connectivity index (χ3v) is 3.55. The quantitative estimate of drug-likeness (QED) is 0.294. The van der Waals surface area contributed by atoms with E-state index >= 15 is 0 Å². The normalized spacial score (nSPS) is 9.71. The van der Waals surface area contributed by atoms with E-state index in [1.54, 1.807) is 30.3 Å². The van der Waals surface area contributed by atoms with Gasteiger partial charge >= 0.3 is 0 Å². The molecule has 0 saturated carbocycles. The van der Waals surface area contributed by atoms with Crippen LogP contribution in [0.1, 0.15) is 20.7 Å². The second-order valence-corrected chi connectivity index (χ2v) is 5.67. The average molecular weight is 400 g/mol. The number of nitro benzene ring substituents is 1. The van der Waals surface area contributed by atoms with Crippen molar-refractivity contribution in [2.45, 2.75) is 0 Å². The Hall–Kier alpha value is -3.79. The molecule has 0 aliphatic rings. The van der Waals surface area contributed by atoms with Gasteiger partial charge in [-0.3, -0.25) is 35.9 Å². The van der Waals surface area contributed by atoms with Crippen LogP contribution in [0.3, 0.4) is 0 Å². The van der Waals surface area contributed by atoms with Gasteiger partial charge in [-0.1, -0.05) is 24.8 Å². The fourth-order valence-corrected chi connectivity index (χ4v) is 2.19. The van der Waals surface area contributed by atoms with Gasteiger partial charge in [0.25, 0.3) is 17.5 Å². The van der Waals surface area contributed by atoms with Gasteiger partial charge in [-0.05, 0) is 36.5 Å². The van der Waals surface area contributed by atoms with Gasteiger partial charge in [0.15, 0.2) is 5.11 Å². The average Bonchev–Trinajstić information content (AvgIpc) is 2.70. The highest BCUT2D eigenvalue weighted by Crippen LogP contribution is 2.17. The van der Waals surface area contributed by atoms with Crippen LogP contribution in [-0.4, -0.2) is 28.5 Å². The molecule has 10 heteroatoms. The summed E-state index contributed by atoms with van der Waals surface area (Å²) >= 11 is 4.96. The van der Waals surface area contributed by atoms with Gasteiger partial charge < -0.3 is 4.74 Å². The molecule has 3 N–H and O–H groups in total. The van der Waals surface area contributed by atoms with Crippen LogP contribution in [0.15, 0.2) is 61.2 Å². The van der Waals surface area contributed by atoms with Crippen LogP contribution in [0.25, 0.3) is 0 Å². The molecule has 2 aromatic carbocycles. The van der Waals surface area contributed by atoms with Crippen LogP contribution >= 0.6 is 12.2 Å². The molecule has 0 saturated heterocycles. The third kappa shape index (κ3) is 5.61. The molecule has 28 heavy (non-hydrogen) atoms. The number of rotatable bonds is 6.